The topological polar surface area (TPSA) is 81.7 Å². The highest BCUT2D eigenvalue weighted by atomic mass is 15.3. The van der Waals surface area contributed by atoms with E-state index >= 15 is 0 Å². The Labute approximate surface area is 93.5 Å². The number of rotatable bonds is 4. The maximum Gasteiger partial charge on any atom is 0.148 e. The lowest BCUT2D eigenvalue weighted by Crippen LogP contribution is -2.12. The molecule has 84 valence electrons. The van der Waals surface area contributed by atoms with Crippen LogP contribution >= 0.6 is 0 Å². The lowest BCUT2D eigenvalue weighted by atomic mass is 10.4. The Morgan fingerprint density at radius 1 is 1.38 bits per heavy atom. The number of hydrogen-bond acceptors (Lipinski definition) is 5. The SMILES string of the molecule is Cc1ccc(NCCn2cc(N)cn2)nn1. The van der Waals surface area contributed by atoms with Crippen LogP contribution in [0.3, 0.4) is 0 Å². The van der Waals surface area contributed by atoms with Crippen molar-refractivity contribution in [3.8, 4) is 0 Å². The van der Waals surface area contributed by atoms with Crippen LogP contribution in [-0.2, 0) is 6.54 Å². The van der Waals surface area contributed by atoms with E-state index in [-0.39, 0.29) is 0 Å². The van der Waals surface area contributed by atoms with Gasteiger partial charge >= 0.3 is 0 Å². The monoisotopic (exact) mass is 218 g/mol. The van der Waals surface area contributed by atoms with E-state index in [1.54, 1.807) is 17.1 Å². The van der Waals surface area contributed by atoms with E-state index in [4.69, 9.17) is 5.73 Å². The van der Waals surface area contributed by atoms with E-state index in [9.17, 15) is 0 Å². The van der Waals surface area contributed by atoms with E-state index in [0.29, 0.717) is 5.69 Å². The van der Waals surface area contributed by atoms with Crippen molar-refractivity contribution >= 4 is 11.5 Å². The maximum absolute atomic E-state index is 5.55. The van der Waals surface area contributed by atoms with E-state index in [0.717, 1.165) is 24.6 Å². The highest BCUT2D eigenvalue weighted by Crippen LogP contribution is 2.01. The second-order valence-electron chi connectivity index (χ2n) is 3.52. The fraction of sp³-hybridized carbons (Fsp3) is 0.300. The summed E-state index contributed by atoms with van der Waals surface area (Å²) in [4.78, 5) is 0. The van der Waals surface area contributed by atoms with Gasteiger partial charge in [-0.15, -0.1) is 5.10 Å². The van der Waals surface area contributed by atoms with Crippen LogP contribution in [0.25, 0.3) is 0 Å². The van der Waals surface area contributed by atoms with Gasteiger partial charge in [-0.2, -0.15) is 10.2 Å². The summed E-state index contributed by atoms with van der Waals surface area (Å²) >= 11 is 0. The summed E-state index contributed by atoms with van der Waals surface area (Å²) in [6.45, 7) is 3.38. The molecule has 0 aromatic carbocycles. The third kappa shape index (κ3) is 2.69. The minimum absolute atomic E-state index is 0.676. The van der Waals surface area contributed by atoms with Gasteiger partial charge < -0.3 is 11.1 Å². The molecule has 2 rings (SSSR count). The first-order valence-corrected chi connectivity index (χ1v) is 5.06. The van der Waals surface area contributed by atoms with Crippen molar-refractivity contribution in [1.82, 2.24) is 20.0 Å². The van der Waals surface area contributed by atoms with Gasteiger partial charge in [0.2, 0.25) is 0 Å². The predicted octanol–water partition coefficient (Wildman–Crippen LogP) is 0.676. The highest BCUT2D eigenvalue weighted by Gasteiger charge is 1.96. The Balaban J connectivity index is 1.82. The number of hydrogen-bond donors (Lipinski definition) is 2. The Bertz CT molecular complexity index is 447. The average Bonchev–Trinajstić information content (AvgIpc) is 2.67. The van der Waals surface area contributed by atoms with Crippen molar-refractivity contribution in [2.24, 2.45) is 0 Å². The highest BCUT2D eigenvalue weighted by molar-refractivity contribution is 5.33. The van der Waals surface area contributed by atoms with Crippen LogP contribution in [0.5, 0.6) is 0 Å². The summed E-state index contributed by atoms with van der Waals surface area (Å²) in [7, 11) is 0. The molecule has 0 radical (unpaired) electrons. The molecule has 6 nitrogen and oxygen atoms in total. The van der Waals surface area contributed by atoms with E-state index in [1.807, 2.05) is 19.1 Å². The molecule has 0 aliphatic rings. The Hall–Kier alpha value is -2.11. The van der Waals surface area contributed by atoms with E-state index in [1.165, 1.54) is 0 Å². The molecule has 0 unspecified atom stereocenters. The van der Waals surface area contributed by atoms with Crippen LogP contribution < -0.4 is 11.1 Å². The molecule has 0 amide bonds. The third-order valence-electron chi connectivity index (χ3n) is 2.10. The molecule has 0 saturated carbocycles. The zero-order valence-electron chi connectivity index (χ0n) is 9.09. The first-order chi connectivity index (χ1) is 7.74. The summed E-state index contributed by atoms with van der Waals surface area (Å²) in [5.41, 5.74) is 7.14. The number of nitrogens with two attached hydrogens (primary N) is 1. The van der Waals surface area contributed by atoms with Gasteiger partial charge in [0.15, 0.2) is 0 Å². The molecule has 2 aromatic heterocycles. The molecule has 2 aromatic rings. The van der Waals surface area contributed by atoms with Crippen LogP contribution in [0.2, 0.25) is 0 Å². The molecule has 0 aliphatic carbocycles. The van der Waals surface area contributed by atoms with Crippen LogP contribution in [0.15, 0.2) is 24.5 Å². The van der Waals surface area contributed by atoms with Gasteiger partial charge in [-0.1, -0.05) is 0 Å². The Morgan fingerprint density at radius 3 is 2.88 bits per heavy atom. The molecular formula is C10H14N6. The van der Waals surface area contributed by atoms with Crippen molar-refractivity contribution < 1.29 is 0 Å². The summed E-state index contributed by atoms with van der Waals surface area (Å²) in [5.74, 6) is 0.769. The number of aromatic nitrogens is 4. The number of anilines is 2. The van der Waals surface area contributed by atoms with Crippen molar-refractivity contribution in [2.75, 3.05) is 17.6 Å². The zero-order valence-corrected chi connectivity index (χ0v) is 9.09. The standard InChI is InChI=1S/C10H14N6/c1-8-2-3-10(15-14-8)12-4-5-16-7-9(11)6-13-16/h2-3,6-7H,4-5,11H2,1H3,(H,12,15). The van der Waals surface area contributed by atoms with Crippen LogP contribution in [0.1, 0.15) is 5.69 Å². The van der Waals surface area contributed by atoms with Gasteiger partial charge in [0.05, 0.1) is 24.1 Å². The fourth-order valence-corrected chi connectivity index (χ4v) is 1.29. The van der Waals surface area contributed by atoms with Gasteiger partial charge in [0.25, 0.3) is 0 Å². The molecule has 16 heavy (non-hydrogen) atoms. The Kier molecular flexibility index (Phi) is 3.00. The van der Waals surface area contributed by atoms with Gasteiger partial charge in [-0.3, -0.25) is 4.68 Å². The zero-order chi connectivity index (χ0) is 11.4. The Morgan fingerprint density at radius 2 is 2.25 bits per heavy atom. The number of nitrogen functional groups attached to an aromatic ring is 1. The molecule has 6 heteroatoms. The van der Waals surface area contributed by atoms with Crippen molar-refractivity contribution in [2.45, 2.75) is 13.5 Å². The molecule has 0 saturated heterocycles. The molecule has 2 heterocycles. The van der Waals surface area contributed by atoms with Gasteiger partial charge in [-0.25, -0.2) is 0 Å². The molecule has 0 spiro atoms. The summed E-state index contributed by atoms with van der Waals surface area (Å²) in [6.07, 6.45) is 3.42. The number of nitrogens with zero attached hydrogens (tertiary/aromatic N) is 4. The molecular weight excluding hydrogens is 204 g/mol. The van der Waals surface area contributed by atoms with Gasteiger partial charge in [0.1, 0.15) is 5.82 Å². The number of nitrogens with one attached hydrogen (secondary N) is 1. The van der Waals surface area contributed by atoms with Gasteiger partial charge in [0, 0.05) is 12.7 Å². The summed E-state index contributed by atoms with van der Waals surface area (Å²) in [5, 5.41) is 15.2. The second-order valence-corrected chi connectivity index (χ2v) is 3.52. The molecule has 0 aliphatic heterocycles. The first-order valence-electron chi connectivity index (χ1n) is 5.06. The largest absolute Gasteiger partial charge is 0.396 e. The van der Waals surface area contributed by atoms with E-state index in [2.05, 4.69) is 20.6 Å². The van der Waals surface area contributed by atoms with Crippen LogP contribution in [0.4, 0.5) is 11.5 Å². The molecule has 0 bridgehead atoms. The smallest absolute Gasteiger partial charge is 0.148 e. The maximum atomic E-state index is 5.55. The quantitative estimate of drug-likeness (QED) is 0.788. The average molecular weight is 218 g/mol. The summed E-state index contributed by atoms with van der Waals surface area (Å²) in [6, 6.07) is 3.82. The van der Waals surface area contributed by atoms with Crippen molar-refractivity contribution in [1.29, 1.82) is 0 Å². The second kappa shape index (κ2) is 4.61. The van der Waals surface area contributed by atoms with Crippen LogP contribution in [0, 0.1) is 6.92 Å². The molecule has 0 atom stereocenters. The molecule has 0 fully saturated rings. The minimum atomic E-state index is 0.676. The van der Waals surface area contributed by atoms with Crippen molar-refractivity contribution in [3.05, 3.63) is 30.2 Å². The first kappa shape index (κ1) is 10.4. The summed E-state index contributed by atoms with van der Waals surface area (Å²) < 4.78 is 1.78. The predicted molar refractivity (Wildman–Crippen MR) is 61.9 cm³/mol. The fourth-order valence-electron chi connectivity index (χ4n) is 1.29. The lowest BCUT2D eigenvalue weighted by Gasteiger charge is -2.04. The third-order valence-corrected chi connectivity index (χ3v) is 2.10. The number of aryl methyl sites for hydroxylation is 1. The van der Waals surface area contributed by atoms with Crippen LogP contribution in [-0.4, -0.2) is 26.5 Å². The van der Waals surface area contributed by atoms with E-state index < -0.39 is 0 Å². The minimum Gasteiger partial charge on any atom is -0.396 e. The lowest BCUT2D eigenvalue weighted by molar-refractivity contribution is 0.636. The normalized spacial score (nSPS) is 10.3. The van der Waals surface area contributed by atoms with Crippen molar-refractivity contribution in [3.63, 3.8) is 0 Å². The molecule has 3 N–H and O–H groups in total. The van der Waals surface area contributed by atoms with Gasteiger partial charge in [-0.05, 0) is 19.1 Å².